The SMILES string of the molecule is CN(Cc1nc2ccc(C(F)(F)F)cc2[nH]1)c1ccncc1C#N. The van der Waals surface area contributed by atoms with Gasteiger partial charge in [0.25, 0.3) is 0 Å². The zero-order valence-electron chi connectivity index (χ0n) is 12.6. The molecule has 5 nitrogen and oxygen atoms in total. The van der Waals surface area contributed by atoms with Gasteiger partial charge in [0.2, 0.25) is 0 Å². The van der Waals surface area contributed by atoms with Crippen molar-refractivity contribution in [3.63, 3.8) is 0 Å². The Bertz CT molecular complexity index is 923. The number of nitrogens with zero attached hydrogens (tertiary/aromatic N) is 4. The number of aromatic nitrogens is 3. The second kappa shape index (κ2) is 5.85. The Morgan fingerprint density at radius 2 is 2.08 bits per heavy atom. The highest BCUT2D eigenvalue weighted by molar-refractivity contribution is 5.76. The van der Waals surface area contributed by atoms with Crippen LogP contribution in [0.15, 0.2) is 36.7 Å². The number of imidazole rings is 1. The number of anilines is 1. The van der Waals surface area contributed by atoms with E-state index < -0.39 is 11.7 Å². The summed E-state index contributed by atoms with van der Waals surface area (Å²) >= 11 is 0. The highest BCUT2D eigenvalue weighted by Gasteiger charge is 2.30. The lowest BCUT2D eigenvalue weighted by molar-refractivity contribution is -0.137. The molecule has 122 valence electrons. The zero-order chi connectivity index (χ0) is 17.3. The van der Waals surface area contributed by atoms with Gasteiger partial charge in [0.05, 0.1) is 34.4 Å². The van der Waals surface area contributed by atoms with Gasteiger partial charge in [-0.3, -0.25) is 4.98 Å². The van der Waals surface area contributed by atoms with Crippen molar-refractivity contribution in [2.24, 2.45) is 0 Å². The molecule has 1 aromatic carbocycles. The third-order valence-corrected chi connectivity index (χ3v) is 3.57. The average molecular weight is 331 g/mol. The van der Waals surface area contributed by atoms with E-state index in [1.165, 1.54) is 12.3 Å². The Hall–Kier alpha value is -3.08. The monoisotopic (exact) mass is 331 g/mol. The smallest absolute Gasteiger partial charge is 0.366 e. The summed E-state index contributed by atoms with van der Waals surface area (Å²) in [6.07, 6.45) is -1.37. The molecule has 0 spiro atoms. The standard InChI is InChI=1S/C16H12F3N5/c1-24(14-4-5-21-8-10(14)7-20)9-15-22-12-3-2-11(16(17,18)19)6-13(12)23-15/h2-6,8H,9H2,1H3,(H,22,23). The molecule has 0 aliphatic heterocycles. The summed E-state index contributed by atoms with van der Waals surface area (Å²) < 4.78 is 38.3. The first kappa shape index (κ1) is 15.8. The number of H-pyrrole nitrogens is 1. The lowest BCUT2D eigenvalue weighted by Crippen LogP contribution is -2.18. The van der Waals surface area contributed by atoms with Crippen molar-refractivity contribution in [3.05, 3.63) is 53.6 Å². The summed E-state index contributed by atoms with van der Waals surface area (Å²) in [7, 11) is 1.77. The minimum absolute atomic E-state index is 0.314. The Morgan fingerprint density at radius 3 is 2.79 bits per heavy atom. The third kappa shape index (κ3) is 3.01. The molecule has 3 rings (SSSR count). The topological polar surface area (TPSA) is 68.6 Å². The van der Waals surface area contributed by atoms with Crippen molar-refractivity contribution < 1.29 is 13.2 Å². The molecule has 0 bridgehead atoms. The van der Waals surface area contributed by atoms with Gasteiger partial charge >= 0.3 is 6.18 Å². The number of aromatic amines is 1. The largest absolute Gasteiger partial charge is 0.416 e. The average Bonchev–Trinajstić information content (AvgIpc) is 2.95. The molecule has 0 atom stereocenters. The molecule has 0 aliphatic carbocycles. The van der Waals surface area contributed by atoms with Crippen LogP contribution in [0.5, 0.6) is 0 Å². The third-order valence-electron chi connectivity index (χ3n) is 3.57. The van der Waals surface area contributed by atoms with Crippen molar-refractivity contribution >= 4 is 16.7 Å². The Kier molecular flexibility index (Phi) is 3.85. The molecule has 0 radical (unpaired) electrons. The molecule has 24 heavy (non-hydrogen) atoms. The Morgan fingerprint density at radius 1 is 1.29 bits per heavy atom. The van der Waals surface area contributed by atoms with Crippen LogP contribution in [0.25, 0.3) is 11.0 Å². The second-order valence-corrected chi connectivity index (χ2v) is 5.27. The summed E-state index contributed by atoms with van der Waals surface area (Å²) in [4.78, 5) is 12.9. The fraction of sp³-hybridized carbons (Fsp3) is 0.188. The van der Waals surface area contributed by atoms with Gasteiger partial charge in [0.15, 0.2) is 0 Å². The number of nitrogens with one attached hydrogen (secondary N) is 1. The van der Waals surface area contributed by atoms with Crippen LogP contribution in [0.2, 0.25) is 0 Å². The van der Waals surface area contributed by atoms with Crippen LogP contribution in [-0.2, 0) is 12.7 Å². The molecule has 2 heterocycles. The number of halogens is 3. The second-order valence-electron chi connectivity index (χ2n) is 5.27. The molecular formula is C16H12F3N5. The number of pyridine rings is 1. The van der Waals surface area contributed by atoms with Crippen LogP contribution < -0.4 is 4.90 Å². The lowest BCUT2D eigenvalue weighted by atomic mass is 10.2. The van der Waals surface area contributed by atoms with Crippen molar-refractivity contribution in [1.82, 2.24) is 15.0 Å². The molecule has 2 aromatic heterocycles. The summed E-state index contributed by atoms with van der Waals surface area (Å²) in [6, 6.07) is 7.14. The van der Waals surface area contributed by atoms with E-state index in [0.717, 1.165) is 12.1 Å². The first-order valence-electron chi connectivity index (χ1n) is 6.99. The Balaban J connectivity index is 1.89. The Labute approximate surface area is 135 Å². The molecule has 8 heteroatoms. The van der Waals surface area contributed by atoms with E-state index in [4.69, 9.17) is 5.26 Å². The van der Waals surface area contributed by atoms with Gasteiger partial charge in [-0.1, -0.05) is 0 Å². The van der Waals surface area contributed by atoms with Crippen LogP contribution >= 0.6 is 0 Å². The number of nitriles is 1. The summed E-state index contributed by atoms with van der Waals surface area (Å²) in [6.45, 7) is 0.314. The molecule has 3 aromatic rings. The maximum Gasteiger partial charge on any atom is 0.416 e. The summed E-state index contributed by atoms with van der Waals surface area (Å²) in [5.41, 5.74) is 1.14. The first-order chi connectivity index (χ1) is 11.4. The van der Waals surface area contributed by atoms with Crippen LogP contribution in [-0.4, -0.2) is 22.0 Å². The highest BCUT2D eigenvalue weighted by Crippen LogP contribution is 2.31. The normalized spacial score (nSPS) is 11.5. The number of benzene rings is 1. The van der Waals surface area contributed by atoms with E-state index in [1.807, 2.05) is 0 Å². The van der Waals surface area contributed by atoms with E-state index in [1.54, 1.807) is 24.2 Å². The summed E-state index contributed by atoms with van der Waals surface area (Å²) in [5, 5.41) is 9.11. The van der Waals surface area contributed by atoms with Crippen molar-refractivity contribution in [2.45, 2.75) is 12.7 Å². The molecule has 0 aliphatic rings. The molecule has 0 saturated carbocycles. The maximum absolute atomic E-state index is 12.8. The van der Waals surface area contributed by atoms with Crippen molar-refractivity contribution in [2.75, 3.05) is 11.9 Å². The quantitative estimate of drug-likeness (QED) is 0.798. The van der Waals surface area contributed by atoms with Crippen molar-refractivity contribution in [1.29, 1.82) is 5.26 Å². The molecule has 0 amide bonds. The lowest BCUT2D eigenvalue weighted by Gasteiger charge is -2.18. The number of alkyl halides is 3. The van der Waals surface area contributed by atoms with Gasteiger partial charge in [0, 0.05) is 19.4 Å². The van der Waals surface area contributed by atoms with E-state index in [-0.39, 0.29) is 0 Å². The molecular weight excluding hydrogens is 319 g/mol. The fourth-order valence-corrected chi connectivity index (χ4v) is 2.43. The minimum atomic E-state index is -4.39. The predicted molar refractivity (Wildman–Crippen MR) is 82.2 cm³/mol. The van der Waals surface area contributed by atoms with E-state index in [2.05, 4.69) is 21.0 Å². The van der Waals surface area contributed by atoms with E-state index in [9.17, 15) is 13.2 Å². The molecule has 0 unspecified atom stereocenters. The van der Waals surface area contributed by atoms with Crippen LogP contribution in [0.4, 0.5) is 18.9 Å². The number of hydrogen-bond donors (Lipinski definition) is 1. The first-order valence-corrected chi connectivity index (χ1v) is 6.99. The van der Waals surface area contributed by atoms with E-state index in [0.29, 0.717) is 34.7 Å². The van der Waals surface area contributed by atoms with Gasteiger partial charge in [-0.25, -0.2) is 4.98 Å². The number of rotatable bonds is 3. The van der Waals surface area contributed by atoms with E-state index >= 15 is 0 Å². The van der Waals surface area contributed by atoms with Crippen molar-refractivity contribution in [3.8, 4) is 6.07 Å². The zero-order valence-corrected chi connectivity index (χ0v) is 12.6. The molecule has 0 saturated heterocycles. The van der Waals surface area contributed by atoms with Crippen LogP contribution in [0.3, 0.4) is 0 Å². The van der Waals surface area contributed by atoms with Gasteiger partial charge < -0.3 is 9.88 Å². The summed E-state index contributed by atoms with van der Waals surface area (Å²) in [5.74, 6) is 0.507. The van der Waals surface area contributed by atoms with Gasteiger partial charge in [-0.15, -0.1) is 0 Å². The highest BCUT2D eigenvalue weighted by atomic mass is 19.4. The predicted octanol–water partition coefficient (Wildman–Crippen LogP) is 3.48. The maximum atomic E-state index is 12.8. The van der Waals surface area contributed by atoms with Crippen LogP contribution in [0, 0.1) is 11.3 Å². The molecule has 1 N–H and O–H groups in total. The fourth-order valence-electron chi connectivity index (χ4n) is 2.43. The van der Waals surface area contributed by atoms with Gasteiger partial charge in [-0.2, -0.15) is 18.4 Å². The number of fused-ring (bicyclic) bond motifs is 1. The molecule has 0 fully saturated rings. The number of hydrogen-bond acceptors (Lipinski definition) is 4. The van der Waals surface area contributed by atoms with Gasteiger partial charge in [-0.05, 0) is 24.3 Å². The van der Waals surface area contributed by atoms with Gasteiger partial charge in [0.1, 0.15) is 11.9 Å². The van der Waals surface area contributed by atoms with Crippen LogP contribution in [0.1, 0.15) is 17.0 Å². The minimum Gasteiger partial charge on any atom is -0.366 e.